The van der Waals surface area contributed by atoms with Crippen LogP contribution in [0.1, 0.15) is 48.0 Å². The van der Waals surface area contributed by atoms with Crippen LogP contribution in [0.2, 0.25) is 0 Å². The number of hydrogen-bond acceptors (Lipinski definition) is 5. The second-order valence-corrected chi connectivity index (χ2v) is 7.78. The first-order chi connectivity index (χ1) is 16.0. The van der Waals surface area contributed by atoms with E-state index in [1.54, 1.807) is 24.3 Å². The average Bonchev–Trinajstić information content (AvgIpc) is 3.59. The SMILES string of the molecule is O=C(NCC(=O)N(c1ccccc1F)[C@@H](C(=O)NC1CCCC1)c1ccco1)c1ccco1. The number of furan rings is 2. The van der Waals surface area contributed by atoms with E-state index in [-0.39, 0.29) is 23.2 Å². The van der Waals surface area contributed by atoms with Gasteiger partial charge >= 0.3 is 0 Å². The minimum absolute atomic E-state index is 0.0220. The van der Waals surface area contributed by atoms with Crippen molar-refractivity contribution in [2.24, 2.45) is 0 Å². The van der Waals surface area contributed by atoms with E-state index < -0.39 is 36.1 Å². The third-order valence-electron chi connectivity index (χ3n) is 5.55. The van der Waals surface area contributed by atoms with E-state index in [1.807, 2.05) is 0 Å². The monoisotopic (exact) mass is 453 g/mol. The summed E-state index contributed by atoms with van der Waals surface area (Å²) in [5.74, 6) is -2.25. The normalized spacial score (nSPS) is 14.6. The molecule has 2 N–H and O–H groups in total. The van der Waals surface area contributed by atoms with Gasteiger partial charge in [0.25, 0.3) is 11.8 Å². The van der Waals surface area contributed by atoms with Crippen molar-refractivity contribution >= 4 is 23.4 Å². The molecule has 0 saturated heterocycles. The molecule has 3 amide bonds. The van der Waals surface area contributed by atoms with Crippen molar-refractivity contribution in [1.82, 2.24) is 10.6 Å². The smallest absolute Gasteiger partial charge is 0.287 e. The highest BCUT2D eigenvalue weighted by Gasteiger charge is 2.37. The van der Waals surface area contributed by atoms with Crippen LogP contribution < -0.4 is 15.5 Å². The van der Waals surface area contributed by atoms with E-state index in [1.165, 1.54) is 36.8 Å². The van der Waals surface area contributed by atoms with Crippen molar-refractivity contribution in [3.63, 3.8) is 0 Å². The molecule has 1 aliphatic carbocycles. The first kappa shape index (κ1) is 22.3. The number of hydrogen-bond donors (Lipinski definition) is 2. The number of anilines is 1. The molecule has 0 radical (unpaired) electrons. The van der Waals surface area contributed by atoms with Crippen LogP contribution >= 0.6 is 0 Å². The highest BCUT2D eigenvalue weighted by molar-refractivity contribution is 6.04. The third kappa shape index (κ3) is 5.14. The van der Waals surface area contributed by atoms with Crippen LogP contribution in [-0.4, -0.2) is 30.3 Å². The number of amides is 3. The summed E-state index contributed by atoms with van der Waals surface area (Å²) in [6.07, 6.45) is 6.40. The molecule has 8 nitrogen and oxygen atoms in total. The molecule has 0 bridgehead atoms. The lowest BCUT2D eigenvalue weighted by atomic mass is 10.1. The summed E-state index contributed by atoms with van der Waals surface area (Å²) in [6.45, 7) is -0.484. The Hall–Kier alpha value is -3.88. The lowest BCUT2D eigenvalue weighted by Crippen LogP contribution is -2.49. The number of nitrogens with one attached hydrogen (secondary N) is 2. The van der Waals surface area contributed by atoms with Crippen LogP contribution in [-0.2, 0) is 9.59 Å². The van der Waals surface area contributed by atoms with Gasteiger partial charge in [0.1, 0.15) is 11.6 Å². The molecule has 4 rings (SSSR count). The van der Waals surface area contributed by atoms with Crippen LogP contribution in [0.3, 0.4) is 0 Å². The van der Waals surface area contributed by atoms with Crippen molar-refractivity contribution in [2.75, 3.05) is 11.4 Å². The maximum Gasteiger partial charge on any atom is 0.287 e. The molecule has 0 aliphatic heterocycles. The number of para-hydroxylation sites is 1. The van der Waals surface area contributed by atoms with Crippen LogP contribution in [0.25, 0.3) is 0 Å². The minimum atomic E-state index is -1.26. The van der Waals surface area contributed by atoms with Crippen molar-refractivity contribution < 1.29 is 27.6 Å². The van der Waals surface area contributed by atoms with Crippen LogP contribution in [0.4, 0.5) is 10.1 Å². The molecular weight excluding hydrogens is 429 g/mol. The van der Waals surface area contributed by atoms with Gasteiger partial charge in [-0.15, -0.1) is 0 Å². The molecule has 0 spiro atoms. The highest BCUT2D eigenvalue weighted by atomic mass is 19.1. The van der Waals surface area contributed by atoms with E-state index in [4.69, 9.17) is 8.83 Å². The maximum absolute atomic E-state index is 14.8. The number of carbonyl (C=O) groups is 3. The van der Waals surface area contributed by atoms with Crippen LogP contribution in [0.5, 0.6) is 0 Å². The Morgan fingerprint density at radius 3 is 2.39 bits per heavy atom. The molecular formula is C24H24FN3O5. The Morgan fingerprint density at radius 2 is 1.73 bits per heavy atom. The summed E-state index contributed by atoms with van der Waals surface area (Å²) in [5, 5.41) is 5.42. The molecule has 1 aromatic carbocycles. The van der Waals surface area contributed by atoms with E-state index in [0.29, 0.717) is 0 Å². The predicted octanol–water partition coefficient (Wildman–Crippen LogP) is 3.57. The summed E-state index contributed by atoms with van der Waals surface area (Å²) >= 11 is 0. The molecule has 1 saturated carbocycles. The van der Waals surface area contributed by atoms with E-state index in [2.05, 4.69) is 10.6 Å². The Balaban J connectivity index is 1.65. The fourth-order valence-corrected chi connectivity index (χ4v) is 3.97. The van der Waals surface area contributed by atoms with Crippen LogP contribution in [0, 0.1) is 5.82 Å². The van der Waals surface area contributed by atoms with E-state index >= 15 is 0 Å². The van der Waals surface area contributed by atoms with Gasteiger partial charge in [-0.3, -0.25) is 19.3 Å². The molecule has 1 atom stereocenters. The van der Waals surface area contributed by atoms with Gasteiger partial charge in [-0.1, -0.05) is 25.0 Å². The zero-order valence-corrected chi connectivity index (χ0v) is 17.8. The molecule has 9 heteroatoms. The fraction of sp³-hybridized carbons (Fsp3) is 0.292. The van der Waals surface area contributed by atoms with Gasteiger partial charge in [-0.05, 0) is 49.2 Å². The molecule has 3 aromatic rings. The molecule has 2 heterocycles. The number of halogens is 1. The molecule has 1 aliphatic rings. The summed E-state index contributed by atoms with van der Waals surface area (Å²) in [5.41, 5.74) is -0.0993. The van der Waals surface area contributed by atoms with Gasteiger partial charge < -0.3 is 19.5 Å². The van der Waals surface area contributed by atoms with Crippen molar-refractivity contribution in [1.29, 1.82) is 0 Å². The topological polar surface area (TPSA) is 105 Å². The first-order valence-electron chi connectivity index (χ1n) is 10.8. The van der Waals surface area contributed by atoms with Gasteiger partial charge in [-0.25, -0.2) is 4.39 Å². The Morgan fingerprint density at radius 1 is 1.00 bits per heavy atom. The lowest BCUT2D eigenvalue weighted by Gasteiger charge is -2.31. The number of benzene rings is 1. The third-order valence-corrected chi connectivity index (χ3v) is 5.55. The predicted molar refractivity (Wildman–Crippen MR) is 117 cm³/mol. The van der Waals surface area contributed by atoms with Gasteiger partial charge in [0.15, 0.2) is 11.8 Å². The Bertz CT molecular complexity index is 1090. The maximum atomic E-state index is 14.8. The average molecular weight is 453 g/mol. The van der Waals surface area contributed by atoms with E-state index in [0.717, 1.165) is 30.6 Å². The number of nitrogens with zero attached hydrogens (tertiary/aromatic N) is 1. The number of rotatable bonds is 8. The largest absolute Gasteiger partial charge is 0.467 e. The van der Waals surface area contributed by atoms with Crippen molar-refractivity contribution in [3.05, 3.63) is 78.4 Å². The second kappa shape index (κ2) is 10.2. The number of carbonyl (C=O) groups excluding carboxylic acids is 3. The van der Waals surface area contributed by atoms with Gasteiger partial charge in [0.2, 0.25) is 5.91 Å². The fourth-order valence-electron chi connectivity index (χ4n) is 3.97. The Labute approximate surface area is 189 Å². The lowest BCUT2D eigenvalue weighted by molar-refractivity contribution is -0.127. The summed E-state index contributed by atoms with van der Waals surface area (Å²) in [4.78, 5) is 40.0. The first-order valence-corrected chi connectivity index (χ1v) is 10.8. The highest BCUT2D eigenvalue weighted by Crippen LogP contribution is 2.31. The van der Waals surface area contributed by atoms with Crippen LogP contribution in [0.15, 0.2) is 69.9 Å². The van der Waals surface area contributed by atoms with Gasteiger partial charge in [0, 0.05) is 6.04 Å². The van der Waals surface area contributed by atoms with E-state index in [9.17, 15) is 18.8 Å². The molecule has 33 heavy (non-hydrogen) atoms. The zero-order chi connectivity index (χ0) is 23.2. The minimum Gasteiger partial charge on any atom is -0.467 e. The molecule has 2 aromatic heterocycles. The summed E-state index contributed by atoms with van der Waals surface area (Å²) in [6, 6.07) is 10.5. The van der Waals surface area contributed by atoms with Crippen molar-refractivity contribution in [2.45, 2.75) is 37.8 Å². The molecule has 1 fully saturated rings. The second-order valence-electron chi connectivity index (χ2n) is 7.78. The summed E-state index contributed by atoms with van der Waals surface area (Å²) < 4.78 is 25.3. The zero-order valence-electron chi connectivity index (χ0n) is 17.8. The molecule has 172 valence electrons. The summed E-state index contributed by atoms with van der Waals surface area (Å²) in [7, 11) is 0. The van der Waals surface area contributed by atoms with Crippen molar-refractivity contribution in [3.8, 4) is 0 Å². The molecule has 0 unspecified atom stereocenters. The van der Waals surface area contributed by atoms with Gasteiger partial charge in [0.05, 0.1) is 24.8 Å². The van der Waals surface area contributed by atoms with Gasteiger partial charge in [-0.2, -0.15) is 0 Å². The Kier molecular flexibility index (Phi) is 6.87. The quantitative estimate of drug-likeness (QED) is 0.543. The standard InChI is InChI=1S/C24H24FN3O5/c25-17-9-3-4-10-18(17)28(21(29)15-26-23(30)20-12-6-14-33-20)22(19-11-5-13-32-19)24(31)27-16-7-1-2-8-16/h3-6,9-14,16,22H,1-2,7-8,15H2,(H,26,30)(H,27,31)/t22-/m1/s1.